The van der Waals surface area contributed by atoms with Gasteiger partial charge in [-0.2, -0.15) is 4.40 Å². The largest absolute Gasteiger partial charge is 0.234 e. The fraction of sp³-hybridized carbons (Fsp3) is 0.211. The molecule has 0 aliphatic carbocycles. The predicted octanol–water partition coefficient (Wildman–Crippen LogP) is 4.65. The Morgan fingerprint density at radius 1 is 0.955 bits per heavy atom. The van der Waals surface area contributed by atoms with Crippen LogP contribution < -0.4 is 0 Å². The molecule has 0 amide bonds. The lowest BCUT2D eigenvalue weighted by Gasteiger charge is -2.14. The number of allylic oxidation sites excluding steroid dienone is 1. The summed E-state index contributed by atoms with van der Waals surface area (Å²) < 4.78 is 16.4. The van der Waals surface area contributed by atoms with E-state index in [0.717, 1.165) is 16.8 Å². The van der Waals surface area contributed by atoms with Gasteiger partial charge in [-0.15, -0.1) is 0 Å². The molecule has 0 fully saturated rings. The molecule has 0 heterocycles. The van der Waals surface area contributed by atoms with Crippen LogP contribution in [0.5, 0.6) is 0 Å². The number of hydrogen-bond donors (Lipinski definition) is 0. The highest BCUT2D eigenvalue weighted by molar-refractivity contribution is 7.85. The quantitative estimate of drug-likeness (QED) is 0.756. The van der Waals surface area contributed by atoms with E-state index in [4.69, 9.17) is 0 Å². The van der Waals surface area contributed by atoms with Crippen LogP contribution in [0, 0.1) is 0 Å². The second-order valence-electron chi connectivity index (χ2n) is 5.95. The van der Waals surface area contributed by atoms with Crippen molar-refractivity contribution in [2.45, 2.75) is 25.5 Å². The van der Waals surface area contributed by atoms with E-state index in [1.807, 2.05) is 93.6 Å². The molecule has 2 aromatic rings. The van der Waals surface area contributed by atoms with Gasteiger partial charge in [-0.3, -0.25) is 0 Å². The topological polar surface area (TPSA) is 29.4 Å². The van der Waals surface area contributed by atoms with Crippen LogP contribution in [-0.2, 0) is 11.0 Å². The zero-order valence-corrected chi connectivity index (χ0v) is 14.0. The molecule has 0 aliphatic rings. The third kappa shape index (κ3) is 4.78. The molecule has 0 aliphatic heterocycles. The molecule has 0 spiro atoms. The monoisotopic (exact) mass is 311 g/mol. The molecule has 114 valence electrons. The summed E-state index contributed by atoms with van der Waals surface area (Å²) in [6.07, 6.45) is 3.92. The van der Waals surface area contributed by atoms with Gasteiger partial charge in [0.05, 0.1) is 10.5 Å². The van der Waals surface area contributed by atoms with E-state index >= 15 is 0 Å². The van der Waals surface area contributed by atoms with E-state index in [1.54, 1.807) is 0 Å². The summed E-state index contributed by atoms with van der Waals surface area (Å²) in [5, 5.41) is 0. The van der Waals surface area contributed by atoms with E-state index in [-0.39, 0.29) is 4.75 Å². The normalized spacial score (nSPS) is 14.2. The van der Waals surface area contributed by atoms with Crippen LogP contribution in [0.15, 0.2) is 71.1 Å². The summed E-state index contributed by atoms with van der Waals surface area (Å²) in [5.41, 5.74) is 2.79. The molecular weight excluding hydrogens is 290 g/mol. The van der Waals surface area contributed by atoms with Crippen LogP contribution in [0.2, 0.25) is 0 Å². The van der Waals surface area contributed by atoms with E-state index in [1.165, 1.54) is 0 Å². The fourth-order valence-corrected chi connectivity index (χ4v) is 2.37. The predicted molar refractivity (Wildman–Crippen MR) is 96.4 cm³/mol. The number of hydrogen-bond acceptors (Lipinski definition) is 1. The first-order valence-corrected chi connectivity index (χ1v) is 8.37. The van der Waals surface area contributed by atoms with Gasteiger partial charge in [0, 0.05) is 5.56 Å². The van der Waals surface area contributed by atoms with Crippen molar-refractivity contribution in [3.8, 4) is 0 Å². The van der Waals surface area contributed by atoms with Crippen molar-refractivity contribution in [2.75, 3.05) is 0 Å². The Balaban J connectivity index is 2.37. The van der Waals surface area contributed by atoms with E-state index in [0.29, 0.717) is 0 Å². The molecule has 0 N–H and O–H groups in total. The summed E-state index contributed by atoms with van der Waals surface area (Å²) in [5.74, 6) is 0. The smallest absolute Gasteiger partial charge is 0.145 e. The lowest BCUT2D eigenvalue weighted by Crippen LogP contribution is -2.20. The average molecular weight is 311 g/mol. The summed E-state index contributed by atoms with van der Waals surface area (Å²) in [6.45, 7) is 5.78. The molecule has 2 aromatic carbocycles. The van der Waals surface area contributed by atoms with Crippen LogP contribution in [0.25, 0.3) is 6.08 Å². The van der Waals surface area contributed by atoms with Gasteiger partial charge in [0.2, 0.25) is 0 Å². The molecule has 0 saturated carbocycles. The maximum Gasteiger partial charge on any atom is 0.145 e. The second-order valence-corrected chi connectivity index (χ2v) is 7.85. The first-order chi connectivity index (χ1) is 10.5. The van der Waals surface area contributed by atoms with Gasteiger partial charge in [0.15, 0.2) is 0 Å². The minimum Gasteiger partial charge on any atom is -0.234 e. The van der Waals surface area contributed by atoms with Crippen molar-refractivity contribution in [3.63, 3.8) is 0 Å². The SMILES string of the molecule is CC(C)(C)[S@](=O)/N=C(\C=C\c1ccccc1)c1ccccc1. The van der Waals surface area contributed by atoms with Crippen molar-refractivity contribution in [2.24, 2.45) is 4.40 Å². The third-order valence-electron chi connectivity index (χ3n) is 3.01. The number of rotatable bonds is 4. The zero-order valence-electron chi connectivity index (χ0n) is 13.2. The van der Waals surface area contributed by atoms with Gasteiger partial charge in [0.25, 0.3) is 0 Å². The van der Waals surface area contributed by atoms with Crippen LogP contribution in [0.4, 0.5) is 0 Å². The van der Waals surface area contributed by atoms with Crippen molar-refractivity contribution in [1.82, 2.24) is 0 Å². The van der Waals surface area contributed by atoms with Crippen LogP contribution in [0.3, 0.4) is 0 Å². The molecule has 0 unspecified atom stereocenters. The van der Waals surface area contributed by atoms with Crippen LogP contribution >= 0.6 is 0 Å². The Morgan fingerprint density at radius 2 is 1.50 bits per heavy atom. The van der Waals surface area contributed by atoms with Crippen LogP contribution in [0.1, 0.15) is 31.9 Å². The van der Waals surface area contributed by atoms with Crippen LogP contribution in [-0.4, -0.2) is 14.7 Å². The van der Waals surface area contributed by atoms with E-state index in [9.17, 15) is 4.21 Å². The van der Waals surface area contributed by atoms with Gasteiger partial charge >= 0.3 is 0 Å². The van der Waals surface area contributed by atoms with Gasteiger partial charge < -0.3 is 0 Å². The number of nitrogens with zero attached hydrogens (tertiary/aromatic N) is 1. The molecular formula is C19H21NOS. The highest BCUT2D eigenvalue weighted by Gasteiger charge is 2.19. The van der Waals surface area contributed by atoms with Gasteiger partial charge in [0.1, 0.15) is 11.0 Å². The van der Waals surface area contributed by atoms with Crippen molar-refractivity contribution in [3.05, 3.63) is 77.9 Å². The molecule has 2 rings (SSSR count). The zero-order chi connectivity index (χ0) is 16.0. The first-order valence-electron chi connectivity index (χ1n) is 7.26. The number of benzene rings is 2. The molecule has 0 aromatic heterocycles. The fourth-order valence-electron chi connectivity index (χ4n) is 1.75. The highest BCUT2D eigenvalue weighted by atomic mass is 32.2. The second kappa shape index (κ2) is 7.32. The highest BCUT2D eigenvalue weighted by Crippen LogP contribution is 2.15. The Morgan fingerprint density at radius 3 is 2.05 bits per heavy atom. The minimum absolute atomic E-state index is 0.374. The summed E-state index contributed by atoms with van der Waals surface area (Å²) in [6, 6.07) is 19.9. The minimum atomic E-state index is -1.29. The molecule has 1 atom stereocenters. The standard InChI is InChI=1S/C19H21NOS/c1-19(2,3)22(21)20-18(17-12-8-5-9-13-17)15-14-16-10-6-4-7-11-16/h4-15H,1-3H3/b15-14+,20-18+/t22-/m0/s1. The van der Waals surface area contributed by atoms with Crippen molar-refractivity contribution < 1.29 is 4.21 Å². The van der Waals surface area contributed by atoms with Gasteiger partial charge in [-0.25, -0.2) is 4.21 Å². The van der Waals surface area contributed by atoms with E-state index < -0.39 is 11.0 Å². The Kier molecular flexibility index (Phi) is 5.45. The average Bonchev–Trinajstić information content (AvgIpc) is 2.52. The molecule has 0 saturated heterocycles. The molecule has 22 heavy (non-hydrogen) atoms. The van der Waals surface area contributed by atoms with E-state index in [2.05, 4.69) is 4.40 Å². The maximum absolute atomic E-state index is 12.3. The van der Waals surface area contributed by atoms with Crippen molar-refractivity contribution in [1.29, 1.82) is 0 Å². The van der Waals surface area contributed by atoms with Gasteiger partial charge in [-0.05, 0) is 32.4 Å². The summed E-state index contributed by atoms with van der Waals surface area (Å²) >= 11 is 0. The molecule has 0 radical (unpaired) electrons. The molecule has 3 heteroatoms. The summed E-state index contributed by atoms with van der Waals surface area (Å²) in [7, 11) is -1.29. The first kappa shape index (κ1) is 16.4. The molecule has 0 bridgehead atoms. The Hall–Kier alpha value is -2.00. The van der Waals surface area contributed by atoms with Crippen molar-refractivity contribution >= 4 is 22.8 Å². The maximum atomic E-state index is 12.3. The molecule has 2 nitrogen and oxygen atoms in total. The van der Waals surface area contributed by atoms with Gasteiger partial charge in [-0.1, -0.05) is 66.7 Å². The lowest BCUT2D eigenvalue weighted by atomic mass is 10.1. The summed E-state index contributed by atoms with van der Waals surface area (Å²) in [4.78, 5) is 0. The lowest BCUT2D eigenvalue weighted by molar-refractivity contribution is 0.650. The Bertz CT molecular complexity index is 682. The Labute approximate surface area is 135 Å². The third-order valence-corrected chi connectivity index (χ3v) is 4.42.